The monoisotopic (exact) mass is 338 g/mol. The maximum absolute atomic E-state index is 12.2. The van der Waals surface area contributed by atoms with Gasteiger partial charge in [0.15, 0.2) is 0 Å². The molecule has 20 heavy (non-hydrogen) atoms. The quantitative estimate of drug-likeness (QED) is 0.886. The molecule has 0 spiro atoms. The molecule has 0 saturated heterocycles. The van der Waals surface area contributed by atoms with Gasteiger partial charge in [0.2, 0.25) is 5.91 Å². The second-order valence-electron chi connectivity index (χ2n) is 5.87. The number of nitrogens with two attached hydrogens (primary N) is 1. The van der Waals surface area contributed by atoms with E-state index >= 15 is 0 Å². The summed E-state index contributed by atoms with van der Waals surface area (Å²) in [4.78, 5) is 12.2. The molecule has 1 aromatic rings. The van der Waals surface area contributed by atoms with Crippen molar-refractivity contribution >= 4 is 21.8 Å². The van der Waals surface area contributed by atoms with Gasteiger partial charge in [-0.3, -0.25) is 4.79 Å². The van der Waals surface area contributed by atoms with Crippen molar-refractivity contribution < 1.29 is 4.79 Å². The van der Waals surface area contributed by atoms with Crippen LogP contribution in [0.3, 0.4) is 0 Å². The Hall–Kier alpha value is -0.870. The zero-order valence-electron chi connectivity index (χ0n) is 11.9. The molecule has 1 saturated carbocycles. The fraction of sp³-hybridized carbons (Fsp3) is 0.562. The minimum Gasteiger partial charge on any atom is -0.353 e. The maximum Gasteiger partial charge on any atom is 0.223 e. The summed E-state index contributed by atoms with van der Waals surface area (Å²) in [5.41, 5.74) is 7.18. The van der Waals surface area contributed by atoms with Crippen LogP contribution < -0.4 is 11.1 Å². The van der Waals surface area contributed by atoms with Crippen molar-refractivity contribution in [2.24, 2.45) is 11.7 Å². The third-order valence-electron chi connectivity index (χ3n) is 3.91. The van der Waals surface area contributed by atoms with E-state index in [9.17, 15) is 4.79 Å². The molecule has 0 aliphatic heterocycles. The number of hydrogen-bond donors (Lipinski definition) is 2. The van der Waals surface area contributed by atoms with Crippen LogP contribution in [0.4, 0.5) is 0 Å². The highest BCUT2D eigenvalue weighted by atomic mass is 79.9. The molecule has 1 fully saturated rings. The van der Waals surface area contributed by atoms with Gasteiger partial charge in [-0.2, -0.15) is 0 Å². The molecule has 0 aromatic heterocycles. The fourth-order valence-corrected chi connectivity index (χ4v) is 3.34. The minimum absolute atomic E-state index is 0.101. The lowest BCUT2D eigenvalue weighted by molar-refractivity contribution is -0.126. The summed E-state index contributed by atoms with van der Waals surface area (Å²) in [5.74, 6) is 0.270. The minimum atomic E-state index is 0.101. The van der Waals surface area contributed by atoms with Crippen molar-refractivity contribution in [2.75, 3.05) is 0 Å². The zero-order chi connectivity index (χ0) is 14.5. The maximum atomic E-state index is 12.2. The van der Waals surface area contributed by atoms with Gasteiger partial charge >= 0.3 is 0 Å². The van der Waals surface area contributed by atoms with Crippen LogP contribution in [0.2, 0.25) is 0 Å². The molecule has 3 atom stereocenters. The van der Waals surface area contributed by atoms with Gasteiger partial charge in [0.25, 0.3) is 0 Å². The molecule has 3 N–H and O–H groups in total. The summed E-state index contributed by atoms with van der Waals surface area (Å²) < 4.78 is 1.08. The highest BCUT2D eigenvalue weighted by Gasteiger charge is 2.25. The van der Waals surface area contributed by atoms with Gasteiger partial charge in [-0.05, 0) is 50.3 Å². The number of rotatable bonds is 4. The van der Waals surface area contributed by atoms with Crippen molar-refractivity contribution in [3.8, 4) is 0 Å². The normalized spacial score (nSPS) is 24.1. The van der Waals surface area contributed by atoms with Crippen molar-refractivity contribution in [1.82, 2.24) is 5.32 Å². The first kappa shape index (κ1) is 15.5. The molecule has 3 nitrogen and oxygen atoms in total. The summed E-state index contributed by atoms with van der Waals surface area (Å²) in [6.45, 7) is 2.06. The molecule has 1 aliphatic carbocycles. The fourth-order valence-electron chi connectivity index (χ4n) is 2.89. The first-order valence-corrected chi connectivity index (χ1v) is 8.14. The van der Waals surface area contributed by atoms with Crippen LogP contribution >= 0.6 is 15.9 Å². The topological polar surface area (TPSA) is 55.1 Å². The lowest BCUT2D eigenvalue weighted by Crippen LogP contribution is -2.42. The number of halogens is 1. The average molecular weight is 339 g/mol. The van der Waals surface area contributed by atoms with Crippen LogP contribution in [-0.4, -0.2) is 18.0 Å². The van der Waals surface area contributed by atoms with Gasteiger partial charge in [-0.15, -0.1) is 0 Å². The molecule has 110 valence electrons. The Balaban J connectivity index is 1.84. The van der Waals surface area contributed by atoms with Crippen molar-refractivity contribution in [1.29, 1.82) is 0 Å². The third-order valence-corrected chi connectivity index (χ3v) is 4.40. The Morgan fingerprint density at radius 1 is 1.50 bits per heavy atom. The largest absolute Gasteiger partial charge is 0.353 e. The predicted molar refractivity (Wildman–Crippen MR) is 85.4 cm³/mol. The van der Waals surface area contributed by atoms with Crippen LogP contribution in [0.1, 0.15) is 38.2 Å². The molecule has 1 aliphatic rings. The lowest BCUT2D eigenvalue weighted by atomic mass is 9.85. The van der Waals surface area contributed by atoms with E-state index in [1.165, 1.54) is 5.56 Å². The Kier molecular flexibility index (Phi) is 5.61. The molecule has 4 heteroatoms. The van der Waals surface area contributed by atoms with E-state index in [-0.39, 0.29) is 23.9 Å². The molecular formula is C16H23BrN2O. The van der Waals surface area contributed by atoms with Crippen LogP contribution in [0.25, 0.3) is 0 Å². The number of benzene rings is 1. The molecule has 0 heterocycles. The van der Waals surface area contributed by atoms with Gasteiger partial charge in [-0.1, -0.05) is 34.5 Å². The van der Waals surface area contributed by atoms with Gasteiger partial charge < -0.3 is 11.1 Å². The smallest absolute Gasteiger partial charge is 0.223 e. The molecular weight excluding hydrogens is 316 g/mol. The van der Waals surface area contributed by atoms with Gasteiger partial charge in [-0.25, -0.2) is 0 Å². The van der Waals surface area contributed by atoms with E-state index < -0.39 is 0 Å². The highest BCUT2D eigenvalue weighted by Crippen LogP contribution is 2.23. The second kappa shape index (κ2) is 7.23. The summed E-state index contributed by atoms with van der Waals surface area (Å²) in [5, 5.41) is 3.13. The van der Waals surface area contributed by atoms with E-state index in [2.05, 4.69) is 40.3 Å². The molecule has 2 rings (SSSR count). The molecule has 3 unspecified atom stereocenters. The summed E-state index contributed by atoms with van der Waals surface area (Å²) in [7, 11) is 0. The SMILES string of the molecule is CC(Cc1cccc(Br)c1)NC(=O)C1CCCC(N)C1. The van der Waals surface area contributed by atoms with E-state index in [1.54, 1.807) is 0 Å². The summed E-state index contributed by atoms with van der Waals surface area (Å²) in [6, 6.07) is 8.56. The highest BCUT2D eigenvalue weighted by molar-refractivity contribution is 9.10. The Labute approximate surface area is 129 Å². The van der Waals surface area contributed by atoms with Crippen molar-refractivity contribution in [2.45, 2.75) is 51.1 Å². The van der Waals surface area contributed by atoms with Crippen LogP contribution in [0.15, 0.2) is 28.7 Å². The third kappa shape index (κ3) is 4.60. The zero-order valence-corrected chi connectivity index (χ0v) is 13.5. The van der Waals surface area contributed by atoms with E-state index in [4.69, 9.17) is 5.73 Å². The Morgan fingerprint density at radius 2 is 2.30 bits per heavy atom. The summed E-state index contributed by atoms with van der Waals surface area (Å²) in [6.07, 6.45) is 4.78. The molecule has 1 aromatic carbocycles. The van der Waals surface area contributed by atoms with Crippen molar-refractivity contribution in [3.63, 3.8) is 0 Å². The summed E-state index contributed by atoms with van der Waals surface area (Å²) >= 11 is 3.47. The van der Waals surface area contributed by atoms with E-state index in [0.717, 1.165) is 36.6 Å². The number of carbonyl (C=O) groups excluding carboxylic acids is 1. The predicted octanol–water partition coefficient (Wildman–Crippen LogP) is 3.01. The van der Waals surface area contributed by atoms with E-state index in [0.29, 0.717) is 0 Å². The van der Waals surface area contributed by atoms with Gasteiger partial charge in [0.1, 0.15) is 0 Å². The standard InChI is InChI=1S/C16H23BrN2O/c1-11(8-12-4-2-6-14(17)9-12)19-16(20)13-5-3-7-15(18)10-13/h2,4,6,9,11,13,15H,3,5,7-8,10,18H2,1H3,(H,19,20). The molecule has 0 bridgehead atoms. The number of hydrogen-bond acceptors (Lipinski definition) is 2. The first-order chi connectivity index (χ1) is 9.54. The van der Waals surface area contributed by atoms with Crippen molar-refractivity contribution in [3.05, 3.63) is 34.3 Å². The van der Waals surface area contributed by atoms with Crippen LogP contribution in [0.5, 0.6) is 0 Å². The number of amides is 1. The number of carbonyl (C=O) groups is 1. The van der Waals surface area contributed by atoms with Gasteiger partial charge in [0, 0.05) is 22.5 Å². The van der Waals surface area contributed by atoms with Gasteiger partial charge in [0.05, 0.1) is 0 Å². The average Bonchev–Trinajstić information content (AvgIpc) is 2.38. The Bertz CT molecular complexity index is 464. The van der Waals surface area contributed by atoms with Crippen LogP contribution in [-0.2, 0) is 11.2 Å². The lowest BCUT2D eigenvalue weighted by Gasteiger charge is -2.27. The molecule has 0 radical (unpaired) electrons. The molecule has 1 amide bonds. The second-order valence-corrected chi connectivity index (χ2v) is 6.78. The Morgan fingerprint density at radius 3 is 3.00 bits per heavy atom. The first-order valence-electron chi connectivity index (χ1n) is 7.35. The number of nitrogens with one attached hydrogen (secondary N) is 1. The van der Waals surface area contributed by atoms with Crippen LogP contribution in [0, 0.1) is 5.92 Å². The van der Waals surface area contributed by atoms with E-state index in [1.807, 2.05) is 12.1 Å².